The van der Waals surface area contributed by atoms with Gasteiger partial charge in [0.15, 0.2) is 10.8 Å². The summed E-state index contributed by atoms with van der Waals surface area (Å²) < 4.78 is 21.4. The Morgan fingerprint density at radius 3 is 2.85 bits per heavy atom. The Morgan fingerprint density at radius 2 is 2.24 bits per heavy atom. The molecule has 3 N–H and O–H groups in total. The molecule has 0 radical (unpaired) electrons. The minimum atomic E-state index is -2.93. The Hall–Kier alpha value is -2.23. The number of fused-ring (bicyclic) bond motifs is 1. The first-order chi connectivity index (χ1) is 17.0. The molecule has 34 heavy (non-hydrogen) atoms. The predicted octanol–water partition coefficient (Wildman–Crippen LogP) is -3.04. The molecular weight excluding hydrogens is 511 g/mol. The quantitative estimate of drug-likeness (QED) is 0.164. The van der Waals surface area contributed by atoms with E-state index in [-0.39, 0.29) is 51.8 Å². The third kappa shape index (κ3) is 5.06. The zero-order valence-electron chi connectivity index (χ0n) is 20.8. The van der Waals surface area contributed by atoms with Gasteiger partial charge < -0.3 is 25.8 Å². The zero-order valence-corrected chi connectivity index (χ0v) is 22.3. The second-order valence-corrected chi connectivity index (χ2v) is 9.64. The van der Waals surface area contributed by atoms with Gasteiger partial charge in [0, 0.05) is 16.0 Å². The molecule has 2 aromatic rings. The summed E-state index contributed by atoms with van der Waals surface area (Å²) in [6, 6.07) is -1.10. The first-order valence-corrected chi connectivity index (χ1v) is 12.0. The van der Waals surface area contributed by atoms with Gasteiger partial charge in [-0.3, -0.25) is 14.5 Å². The van der Waals surface area contributed by atoms with Gasteiger partial charge in [0.2, 0.25) is 0 Å². The Bertz CT molecular complexity index is 1320. The topological polar surface area (TPSA) is 163 Å². The number of nitrogens with zero attached hydrogens (tertiary/aromatic N) is 4. The summed E-state index contributed by atoms with van der Waals surface area (Å²) in [6.45, 7) is 1.82. The van der Waals surface area contributed by atoms with Gasteiger partial charge in [-0.05, 0) is 18.6 Å². The number of rotatable bonds is 7. The Balaban J connectivity index is 0.00000380. The number of nitrogen functional groups attached to an aromatic ring is 1. The largest absolute Gasteiger partial charge is 1.00 e. The van der Waals surface area contributed by atoms with Crippen molar-refractivity contribution in [2.75, 3.05) is 18.5 Å². The van der Waals surface area contributed by atoms with Crippen molar-refractivity contribution in [1.29, 1.82) is 0 Å². The molecule has 0 saturated carbocycles. The molecule has 0 spiro atoms. The number of oxime groups is 1. The Kier molecular flexibility index (Phi) is 7.20. The van der Waals surface area contributed by atoms with Crippen LogP contribution >= 0.6 is 34.4 Å². The molecule has 2 amide bonds. The van der Waals surface area contributed by atoms with Gasteiger partial charge in [-0.25, -0.2) is 9.97 Å². The number of carbonyl (C=O) groups is 3. The summed E-state index contributed by atoms with van der Waals surface area (Å²) in [6.07, 6.45) is 3.33. The number of nitrogens with one attached hydrogen (secondary N) is 1. The summed E-state index contributed by atoms with van der Waals surface area (Å²) >= 11 is 3.63. The van der Waals surface area contributed by atoms with E-state index in [1.807, 2.05) is 6.92 Å². The summed E-state index contributed by atoms with van der Waals surface area (Å²) in [5, 5.41) is 18.5. The number of anilines is 1. The maximum atomic E-state index is 12.9. The maximum absolute atomic E-state index is 12.9. The molecule has 2 atom stereocenters. The third-order valence-corrected chi connectivity index (χ3v) is 7.69. The molecule has 0 bridgehead atoms. The zero-order chi connectivity index (χ0) is 26.2. The van der Waals surface area contributed by atoms with Gasteiger partial charge in [-0.1, -0.05) is 11.2 Å². The van der Waals surface area contributed by atoms with Crippen molar-refractivity contribution in [2.45, 2.75) is 18.3 Å². The number of aromatic nitrogens is 2. The summed E-state index contributed by atoms with van der Waals surface area (Å²) in [5.74, 6) is -2.89. The van der Waals surface area contributed by atoms with Crippen LogP contribution in [0.15, 0.2) is 33.4 Å². The van der Waals surface area contributed by atoms with E-state index in [0.29, 0.717) is 5.57 Å². The second kappa shape index (κ2) is 11.0. The van der Waals surface area contributed by atoms with E-state index in [2.05, 4.69) is 25.3 Å². The number of carboxylic acids is 1. The number of carbonyl (C=O) groups excluding carboxylic acids is 3. The molecule has 2 aromatic heterocycles. The van der Waals surface area contributed by atoms with E-state index in [1.54, 1.807) is 17.7 Å². The molecule has 172 valence electrons. The Morgan fingerprint density at radius 1 is 1.44 bits per heavy atom. The van der Waals surface area contributed by atoms with Gasteiger partial charge in [-0.15, -0.1) is 34.4 Å². The number of carboxylic acid groups (broad SMARTS) is 1. The van der Waals surface area contributed by atoms with E-state index >= 15 is 0 Å². The average Bonchev–Trinajstić information content (AvgIpc) is 3.42. The molecule has 1 fully saturated rings. The first kappa shape index (κ1) is 22.2. The van der Waals surface area contributed by atoms with E-state index in [0.717, 1.165) is 26.8 Å². The standard InChI is InChI=1S/C19H18N6O5S3.Na/c1-8-11(33-7-21-8)4-3-9-5-31-17-13(16(27)25(17)14(9)18(28)29)23-15(26)12(24-30-2)10-6-32-19(20)22-10;/h3-4,6-7,13,17H,5H2,1-2H3,(H2,20,22)(H,23,26)(H,28,29);/q;+1/p-1/t13-,17-;/m1./s1/i2D3;. The number of aliphatic carboxylic acids is 1. The van der Waals surface area contributed by atoms with Crippen LogP contribution in [0.25, 0.3) is 6.08 Å². The number of aryl methyl sites for hydroxylation is 1. The van der Waals surface area contributed by atoms with Crippen LogP contribution in [-0.2, 0) is 19.2 Å². The smallest absolute Gasteiger partial charge is 0.543 e. The van der Waals surface area contributed by atoms with Crippen molar-refractivity contribution in [2.24, 2.45) is 5.16 Å². The number of thiazole rings is 2. The number of hydrogen-bond acceptors (Lipinski definition) is 12. The monoisotopic (exact) mass is 531 g/mol. The van der Waals surface area contributed by atoms with Gasteiger partial charge in [0.05, 0.1) is 27.0 Å². The molecule has 2 aliphatic rings. The number of nitrogens with two attached hydrogens (primary N) is 1. The minimum Gasteiger partial charge on any atom is -0.543 e. The van der Waals surface area contributed by atoms with Crippen molar-refractivity contribution in [1.82, 2.24) is 20.2 Å². The molecule has 11 nitrogen and oxygen atoms in total. The third-order valence-electron chi connectivity index (χ3n) is 4.81. The van der Waals surface area contributed by atoms with Gasteiger partial charge in [0.25, 0.3) is 11.8 Å². The predicted molar refractivity (Wildman–Crippen MR) is 123 cm³/mol. The molecule has 0 aliphatic carbocycles. The fraction of sp³-hybridized carbons (Fsp3) is 0.263. The SMILES string of the molecule is [2H]C([2H])([2H])ON=C(C(=O)N[C@@H]1C(=O)N2C(C(=O)[O-])=C(C=Cc3scnc3C)CS[C@H]12)c1csc(N)n1.[Na+]. The number of hydrogen-bond donors (Lipinski definition) is 2. The number of thioether (sulfide) groups is 1. The van der Waals surface area contributed by atoms with Crippen molar-refractivity contribution in [3.05, 3.63) is 44.5 Å². The molecule has 0 unspecified atom stereocenters. The van der Waals surface area contributed by atoms with Crippen LogP contribution in [0.1, 0.15) is 20.4 Å². The summed E-state index contributed by atoms with van der Waals surface area (Å²) in [4.78, 5) is 52.1. The molecule has 15 heteroatoms. The molecule has 0 aromatic carbocycles. The molecular formula is C19H17N6NaO5S3. The van der Waals surface area contributed by atoms with E-state index in [1.165, 1.54) is 28.5 Å². The van der Waals surface area contributed by atoms with Gasteiger partial charge in [0.1, 0.15) is 24.1 Å². The second-order valence-electron chi connectivity index (χ2n) is 6.76. The molecule has 4 rings (SSSR count). The van der Waals surface area contributed by atoms with E-state index < -0.39 is 41.9 Å². The summed E-state index contributed by atoms with van der Waals surface area (Å²) in [5.41, 5.74) is 7.62. The number of amides is 2. The molecule has 2 aliphatic heterocycles. The fourth-order valence-corrected chi connectivity index (χ4v) is 5.82. The average molecular weight is 532 g/mol. The molecule has 1 saturated heterocycles. The van der Waals surface area contributed by atoms with E-state index in [4.69, 9.17) is 9.85 Å². The minimum absolute atomic E-state index is 0. The van der Waals surface area contributed by atoms with Crippen LogP contribution in [0.3, 0.4) is 0 Å². The normalized spacial score (nSPS) is 21.7. The van der Waals surface area contributed by atoms with Crippen LogP contribution in [0.4, 0.5) is 5.13 Å². The van der Waals surface area contributed by atoms with Gasteiger partial charge >= 0.3 is 29.6 Å². The van der Waals surface area contributed by atoms with Crippen molar-refractivity contribution >= 4 is 69.1 Å². The van der Waals surface area contributed by atoms with Crippen LogP contribution in [0.2, 0.25) is 0 Å². The van der Waals surface area contributed by atoms with E-state index in [9.17, 15) is 19.5 Å². The van der Waals surface area contributed by atoms with Crippen LogP contribution in [0, 0.1) is 6.92 Å². The Labute approximate surface area is 232 Å². The van der Waals surface area contributed by atoms with Crippen LogP contribution in [0.5, 0.6) is 0 Å². The van der Waals surface area contributed by atoms with Crippen molar-refractivity contribution < 1.29 is 58.0 Å². The first-order valence-electron chi connectivity index (χ1n) is 10.7. The number of β-lactam (4-membered cyclic amide) rings is 1. The number of allylic oxidation sites excluding steroid dienone is 1. The molecule has 4 heterocycles. The fourth-order valence-electron chi connectivity index (χ4n) is 3.26. The van der Waals surface area contributed by atoms with Crippen LogP contribution in [-0.4, -0.2) is 62.6 Å². The van der Waals surface area contributed by atoms with Crippen LogP contribution < -0.4 is 45.7 Å². The maximum Gasteiger partial charge on any atom is 1.00 e. The van der Waals surface area contributed by atoms with Crippen molar-refractivity contribution in [3.63, 3.8) is 0 Å². The van der Waals surface area contributed by atoms with Gasteiger partial charge in [-0.2, -0.15) is 0 Å². The van der Waals surface area contributed by atoms with Crippen molar-refractivity contribution in [3.8, 4) is 0 Å². The summed E-state index contributed by atoms with van der Waals surface area (Å²) in [7, 11) is -2.93.